The number of hydrogen-bond acceptors (Lipinski definition) is 2. The number of aromatic amines is 1. The molecule has 0 fully saturated rings. The van der Waals surface area contributed by atoms with E-state index in [0.29, 0.717) is 0 Å². The highest BCUT2D eigenvalue weighted by Crippen LogP contribution is 2.23. The second-order valence-corrected chi connectivity index (χ2v) is 5.63. The van der Waals surface area contributed by atoms with E-state index in [-0.39, 0.29) is 0 Å². The molecule has 0 radical (unpaired) electrons. The maximum absolute atomic E-state index is 5.78. The molecule has 1 heterocycles. The van der Waals surface area contributed by atoms with Crippen LogP contribution in [-0.2, 0) is 6.42 Å². The van der Waals surface area contributed by atoms with Crippen molar-refractivity contribution in [3.05, 3.63) is 58.7 Å². The Morgan fingerprint density at radius 2 is 2.00 bits per heavy atom. The molecule has 0 atom stereocenters. The fourth-order valence-corrected chi connectivity index (χ4v) is 2.70. The van der Waals surface area contributed by atoms with Crippen molar-refractivity contribution in [1.82, 2.24) is 4.98 Å². The Labute approximate surface area is 126 Å². The third-order valence-electron chi connectivity index (χ3n) is 3.40. The van der Waals surface area contributed by atoms with Gasteiger partial charge < -0.3 is 16.0 Å². The average Bonchev–Trinajstić information content (AvgIpc) is 2.86. The van der Waals surface area contributed by atoms with E-state index in [1.165, 1.54) is 16.5 Å². The van der Waals surface area contributed by atoms with Crippen molar-refractivity contribution in [2.24, 2.45) is 0 Å². The van der Waals surface area contributed by atoms with Gasteiger partial charge in [-0.1, -0.05) is 18.2 Å². The van der Waals surface area contributed by atoms with Crippen molar-refractivity contribution < 1.29 is 0 Å². The molecule has 102 valence electrons. The van der Waals surface area contributed by atoms with E-state index in [0.717, 1.165) is 28.8 Å². The predicted molar refractivity (Wildman–Crippen MR) is 89.0 cm³/mol. The van der Waals surface area contributed by atoms with E-state index in [1.807, 2.05) is 24.3 Å². The van der Waals surface area contributed by atoms with Crippen LogP contribution >= 0.6 is 15.9 Å². The van der Waals surface area contributed by atoms with Gasteiger partial charge in [-0.05, 0) is 52.2 Å². The number of halogens is 1. The van der Waals surface area contributed by atoms with Crippen molar-refractivity contribution >= 4 is 38.2 Å². The lowest BCUT2D eigenvalue weighted by molar-refractivity contribution is 1.03. The van der Waals surface area contributed by atoms with Crippen molar-refractivity contribution in [3.63, 3.8) is 0 Å². The lowest BCUT2D eigenvalue weighted by atomic mass is 10.1. The van der Waals surface area contributed by atoms with Crippen LogP contribution in [0.2, 0.25) is 0 Å². The first kappa shape index (κ1) is 13.1. The summed E-state index contributed by atoms with van der Waals surface area (Å²) in [6, 6.07) is 14.3. The van der Waals surface area contributed by atoms with Crippen LogP contribution in [0.1, 0.15) is 5.56 Å². The highest BCUT2D eigenvalue weighted by atomic mass is 79.9. The normalized spacial score (nSPS) is 10.8. The van der Waals surface area contributed by atoms with Crippen LogP contribution in [0.25, 0.3) is 10.9 Å². The Morgan fingerprint density at radius 3 is 2.85 bits per heavy atom. The van der Waals surface area contributed by atoms with Gasteiger partial charge in [0.05, 0.1) is 0 Å². The minimum atomic E-state index is 0.757. The molecular weight excluding hydrogens is 314 g/mol. The van der Waals surface area contributed by atoms with Gasteiger partial charge in [0.15, 0.2) is 0 Å². The molecule has 20 heavy (non-hydrogen) atoms. The molecule has 0 spiro atoms. The molecule has 0 amide bonds. The van der Waals surface area contributed by atoms with E-state index in [2.05, 4.69) is 50.6 Å². The molecule has 0 aliphatic carbocycles. The zero-order valence-corrected chi connectivity index (χ0v) is 12.6. The largest absolute Gasteiger partial charge is 0.398 e. The molecule has 1 aromatic heterocycles. The van der Waals surface area contributed by atoms with Crippen LogP contribution in [-0.4, -0.2) is 11.5 Å². The SMILES string of the molecule is Nc1ccc(NCCc2c[nH]c3ccccc23)cc1Br. The summed E-state index contributed by atoms with van der Waals surface area (Å²) in [4.78, 5) is 3.30. The second-order valence-electron chi connectivity index (χ2n) is 4.77. The average molecular weight is 330 g/mol. The van der Waals surface area contributed by atoms with Crippen LogP contribution < -0.4 is 11.1 Å². The topological polar surface area (TPSA) is 53.8 Å². The van der Waals surface area contributed by atoms with E-state index >= 15 is 0 Å². The molecule has 0 saturated carbocycles. The summed E-state index contributed by atoms with van der Waals surface area (Å²) in [5, 5.41) is 4.72. The molecule has 4 N–H and O–H groups in total. The summed E-state index contributed by atoms with van der Waals surface area (Å²) in [7, 11) is 0. The van der Waals surface area contributed by atoms with Gasteiger partial charge in [0, 0.05) is 39.5 Å². The highest BCUT2D eigenvalue weighted by Gasteiger charge is 2.03. The lowest BCUT2D eigenvalue weighted by Gasteiger charge is -2.07. The number of nitrogens with two attached hydrogens (primary N) is 1. The summed E-state index contributed by atoms with van der Waals surface area (Å²) >= 11 is 3.44. The minimum Gasteiger partial charge on any atom is -0.398 e. The maximum Gasteiger partial charge on any atom is 0.0460 e. The molecule has 0 saturated heterocycles. The van der Waals surface area contributed by atoms with E-state index in [9.17, 15) is 0 Å². The number of para-hydroxylation sites is 1. The molecule has 3 aromatic rings. The molecule has 3 rings (SSSR count). The van der Waals surface area contributed by atoms with Gasteiger partial charge in [0.1, 0.15) is 0 Å². The number of anilines is 2. The Kier molecular flexibility index (Phi) is 3.65. The number of H-pyrrole nitrogens is 1. The predicted octanol–water partition coefficient (Wildman–Crippen LogP) is 4.17. The van der Waals surface area contributed by atoms with Gasteiger partial charge in [0.2, 0.25) is 0 Å². The number of nitrogens with one attached hydrogen (secondary N) is 2. The molecule has 2 aromatic carbocycles. The van der Waals surface area contributed by atoms with Crippen molar-refractivity contribution in [2.45, 2.75) is 6.42 Å². The fourth-order valence-electron chi connectivity index (χ4n) is 2.32. The Morgan fingerprint density at radius 1 is 1.15 bits per heavy atom. The number of fused-ring (bicyclic) bond motifs is 1. The third kappa shape index (κ3) is 2.65. The first-order valence-corrected chi connectivity index (χ1v) is 7.37. The smallest absolute Gasteiger partial charge is 0.0460 e. The first-order chi connectivity index (χ1) is 9.74. The highest BCUT2D eigenvalue weighted by molar-refractivity contribution is 9.10. The van der Waals surface area contributed by atoms with Crippen molar-refractivity contribution in [2.75, 3.05) is 17.6 Å². The summed E-state index contributed by atoms with van der Waals surface area (Å²) in [6.45, 7) is 0.887. The molecule has 0 unspecified atom stereocenters. The maximum atomic E-state index is 5.78. The van der Waals surface area contributed by atoms with E-state index in [1.54, 1.807) is 0 Å². The van der Waals surface area contributed by atoms with Gasteiger partial charge >= 0.3 is 0 Å². The molecule has 0 aliphatic heterocycles. The molecule has 4 heteroatoms. The molecular formula is C16H16BrN3. The number of aromatic nitrogens is 1. The number of rotatable bonds is 4. The lowest BCUT2D eigenvalue weighted by Crippen LogP contribution is -2.04. The van der Waals surface area contributed by atoms with Gasteiger partial charge in [-0.2, -0.15) is 0 Å². The van der Waals surface area contributed by atoms with Gasteiger partial charge in [-0.3, -0.25) is 0 Å². The van der Waals surface area contributed by atoms with Crippen LogP contribution in [0, 0.1) is 0 Å². The van der Waals surface area contributed by atoms with Crippen LogP contribution in [0.15, 0.2) is 53.1 Å². The summed E-state index contributed by atoms with van der Waals surface area (Å²) in [5.41, 5.74) is 10.1. The van der Waals surface area contributed by atoms with Gasteiger partial charge in [-0.25, -0.2) is 0 Å². The van der Waals surface area contributed by atoms with Gasteiger partial charge in [0.25, 0.3) is 0 Å². The number of hydrogen-bond donors (Lipinski definition) is 3. The Balaban J connectivity index is 1.66. The van der Waals surface area contributed by atoms with Crippen LogP contribution in [0.3, 0.4) is 0 Å². The standard InChI is InChI=1S/C16H16BrN3/c17-14-9-12(5-6-15(14)18)19-8-7-11-10-20-16-4-2-1-3-13(11)16/h1-6,9-10,19-20H,7-8,18H2. The van der Waals surface area contributed by atoms with Crippen LogP contribution in [0.4, 0.5) is 11.4 Å². The van der Waals surface area contributed by atoms with Crippen molar-refractivity contribution in [3.8, 4) is 0 Å². The van der Waals surface area contributed by atoms with Crippen molar-refractivity contribution in [1.29, 1.82) is 0 Å². The molecule has 0 aliphatic rings. The Bertz CT molecular complexity index is 733. The fraction of sp³-hybridized carbons (Fsp3) is 0.125. The van der Waals surface area contributed by atoms with E-state index < -0.39 is 0 Å². The van der Waals surface area contributed by atoms with Crippen LogP contribution in [0.5, 0.6) is 0 Å². The molecule has 3 nitrogen and oxygen atoms in total. The number of nitrogen functional groups attached to an aromatic ring is 1. The summed E-state index contributed by atoms with van der Waals surface area (Å²) in [6.07, 6.45) is 3.07. The quantitative estimate of drug-likeness (QED) is 0.629. The first-order valence-electron chi connectivity index (χ1n) is 6.58. The summed E-state index contributed by atoms with van der Waals surface area (Å²) in [5.74, 6) is 0. The zero-order chi connectivity index (χ0) is 13.9. The van der Waals surface area contributed by atoms with Gasteiger partial charge in [-0.15, -0.1) is 0 Å². The second kappa shape index (κ2) is 5.59. The van der Waals surface area contributed by atoms with E-state index in [4.69, 9.17) is 5.73 Å². The third-order valence-corrected chi connectivity index (χ3v) is 4.09. The number of benzene rings is 2. The summed E-state index contributed by atoms with van der Waals surface area (Å²) < 4.78 is 0.926. The monoisotopic (exact) mass is 329 g/mol. The Hall–Kier alpha value is -1.94. The molecule has 0 bridgehead atoms. The zero-order valence-electron chi connectivity index (χ0n) is 11.0. The minimum absolute atomic E-state index is 0.757.